The number of fused-ring (bicyclic) bond motifs is 4. The molecule has 0 saturated heterocycles. The summed E-state index contributed by atoms with van der Waals surface area (Å²) >= 11 is 6.13. The molecule has 0 radical (unpaired) electrons. The normalized spacial score (nSPS) is 14.0. The van der Waals surface area contributed by atoms with E-state index < -0.39 is 0 Å². The number of hydrogen-bond donors (Lipinski definition) is 3. The van der Waals surface area contributed by atoms with Gasteiger partial charge in [-0.1, -0.05) is 112 Å². The van der Waals surface area contributed by atoms with E-state index in [-0.39, 0.29) is 10.8 Å². The highest BCUT2D eigenvalue weighted by atomic mass is 32.2. The maximum atomic E-state index is 6.08. The van der Waals surface area contributed by atoms with Crippen molar-refractivity contribution in [2.45, 2.75) is 30.4 Å². The van der Waals surface area contributed by atoms with E-state index in [2.05, 4.69) is 125 Å². The van der Waals surface area contributed by atoms with Crippen molar-refractivity contribution < 1.29 is 0 Å². The van der Waals surface area contributed by atoms with Gasteiger partial charge in [0.1, 0.15) is 0 Å². The number of benzene rings is 5. The summed E-state index contributed by atoms with van der Waals surface area (Å²) in [4.78, 5) is 0. The summed E-state index contributed by atoms with van der Waals surface area (Å²) in [6.07, 6.45) is 5.54. The van der Waals surface area contributed by atoms with E-state index in [0.29, 0.717) is 0 Å². The van der Waals surface area contributed by atoms with Crippen LogP contribution in [0.4, 0.5) is 0 Å². The van der Waals surface area contributed by atoms with E-state index in [1.165, 1.54) is 44.2 Å². The first-order valence-corrected chi connectivity index (χ1v) is 16.0. The number of nitrogens with two attached hydrogens (primary N) is 2. The van der Waals surface area contributed by atoms with Gasteiger partial charge in [0.25, 0.3) is 0 Å². The van der Waals surface area contributed by atoms with Crippen LogP contribution in [0.5, 0.6) is 0 Å². The van der Waals surface area contributed by atoms with Gasteiger partial charge in [0.15, 0.2) is 0 Å². The second-order valence-corrected chi connectivity index (χ2v) is 13.0. The predicted octanol–water partition coefficient (Wildman–Crippen LogP) is 10.3. The molecule has 2 nitrogen and oxygen atoms in total. The van der Waals surface area contributed by atoms with Crippen LogP contribution in [0.15, 0.2) is 110 Å². The van der Waals surface area contributed by atoms with Crippen molar-refractivity contribution in [2.24, 2.45) is 11.5 Å². The molecule has 0 aromatic heterocycles. The van der Waals surface area contributed by atoms with Crippen LogP contribution in [0, 0.1) is 0 Å². The van der Waals surface area contributed by atoms with Gasteiger partial charge in [0.2, 0.25) is 0 Å². The van der Waals surface area contributed by atoms with Gasteiger partial charge in [0.05, 0.1) is 5.37 Å². The van der Waals surface area contributed by atoms with Crippen LogP contribution in [-0.4, -0.2) is 0 Å². The minimum Gasteiger partial charge on any atom is -0.404 e. The van der Waals surface area contributed by atoms with Gasteiger partial charge >= 0.3 is 0 Å². The average Bonchev–Trinajstić information content (AvgIpc) is 3.25. The minimum absolute atomic E-state index is 0.120. The molecule has 4 heteroatoms. The molecule has 0 amide bonds. The Balaban J connectivity index is 1.69. The largest absolute Gasteiger partial charge is 0.404 e. The van der Waals surface area contributed by atoms with E-state index in [0.717, 1.165) is 39.1 Å². The van der Waals surface area contributed by atoms with Crippen molar-refractivity contribution in [3.63, 3.8) is 0 Å². The average molecular weight is 597 g/mol. The zero-order chi connectivity index (χ0) is 30.3. The van der Waals surface area contributed by atoms with Crippen molar-refractivity contribution in [3.8, 4) is 33.4 Å². The summed E-state index contributed by atoms with van der Waals surface area (Å²) in [5.41, 5.74) is 25.7. The highest BCUT2D eigenvalue weighted by Gasteiger charge is 2.36. The lowest BCUT2D eigenvalue weighted by Gasteiger charge is -2.25. The molecular formula is C39H36N2S2. The molecule has 0 saturated carbocycles. The second kappa shape index (κ2) is 11.6. The third kappa shape index (κ3) is 4.94. The summed E-state index contributed by atoms with van der Waals surface area (Å²) in [6, 6.07) is 30.9. The molecule has 0 fully saturated rings. The standard InChI is InChI=1S/C39H36N2S2/c1-5-28-29(6-2)37(25-13-11-24(12-14-25)23-43-20-19-40)33-22-35-31(30-9-7-8-10-34(30)39(35,3)4)21-32(33)36(28)26-15-17-27(18-16-26)38(41)42/h5-22,38,42H,1-2,23,40-41H2,3-4H3/b20-19-. The summed E-state index contributed by atoms with van der Waals surface area (Å²) < 4.78 is 0. The lowest BCUT2D eigenvalue weighted by molar-refractivity contribution is 0.661. The fourth-order valence-corrected chi connectivity index (χ4v) is 7.35. The Morgan fingerprint density at radius 2 is 1.37 bits per heavy atom. The SMILES string of the molecule is C=Cc1c(C=C)c(-c2ccc(CS/C=C\N)cc2)c2cc3c(cc2c1-c1ccc(C(N)S)cc1)-c1ccccc1C3(C)C. The van der Waals surface area contributed by atoms with Crippen molar-refractivity contribution in [1.29, 1.82) is 0 Å². The van der Waals surface area contributed by atoms with E-state index in [9.17, 15) is 0 Å². The van der Waals surface area contributed by atoms with Crippen molar-refractivity contribution >= 4 is 47.3 Å². The lowest BCUT2D eigenvalue weighted by atomic mass is 9.78. The van der Waals surface area contributed by atoms with Crippen molar-refractivity contribution in [2.75, 3.05) is 0 Å². The first-order valence-electron chi connectivity index (χ1n) is 14.4. The highest BCUT2D eigenvalue weighted by molar-refractivity contribution is 8.01. The summed E-state index contributed by atoms with van der Waals surface area (Å²) in [6.45, 7) is 13.3. The van der Waals surface area contributed by atoms with Gasteiger partial charge in [-0.15, -0.1) is 11.8 Å². The van der Waals surface area contributed by atoms with E-state index in [1.54, 1.807) is 18.0 Å². The summed E-state index contributed by atoms with van der Waals surface area (Å²) in [5, 5.41) is 3.99. The van der Waals surface area contributed by atoms with Gasteiger partial charge in [-0.3, -0.25) is 0 Å². The maximum absolute atomic E-state index is 6.08. The fraction of sp³-hybridized carbons (Fsp3) is 0.128. The molecule has 6 rings (SSSR count). The first-order chi connectivity index (χ1) is 20.8. The maximum Gasteiger partial charge on any atom is 0.0734 e. The summed E-state index contributed by atoms with van der Waals surface area (Å²) in [5.74, 6) is 0.867. The quantitative estimate of drug-likeness (QED) is 0.123. The van der Waals surface area contributed by atoms with E-state index in [1.807, 2.05) is 17.6 Å². The zero-order valence-electron chi connectivity index (χ0n) is 24.6. The van der Waals surface area contributed by atoms with Crippen molar-refractivity contribution in [3.05, 3.63) is 143 Å². The fourth-order valence-electron chi connectivity index (χ4n) is 6.58. The molecule has 0 spiro atoms. The molecular weight excluding hydrogens is 561 g/mol. The third-order valence-electron chi connectivity index (χ3n) is 8.71. The Hall–Kier alpha value is -3.96. The van der Waals surface area contributed by atoms with E-state index >= 15 is 0 Å². The third-order valence-corrected chi connectivity index (χ3v) is 9.85. The van der Waals surface area contributed by atoms with Crippen LogP contribution in [0.1, 0.15) is 52.6 Å². The van der Waals surface area contributed by atoms with Crippen LogP contribution in [0.2, 0.25) is 0 Å². The molecule has 1 aliphatic carbocycles. The van der Waals surface area contributed by atoms with Crippen molar-refractivity contribution in [1.82, 2.24) is 0 Å². The Morgan fingerprint density at radius 1 is 0.791 bits per heavy atom. The Morgan fingerprint density at radius 3 is 1.95 bits per heavy atom. The van der Waals surface area contributed by atoms with E-state index in [4.69, 9.17) is 11.5 Å². The van der Waals surface area contributed by atoms with Gasteiger partial charge < -0.3 is 11.5 Å². The molecule has 43 heavy (non-hydrogen) atoms. The van der Waals surface area contributed by atoms with Gasteiger partial charge in [-0.05, 0) is 95.1 Å². The highest BCUT2D eigenvalue weighted by Crippen LogP contribution is 2.53. The Bertz CT molecular complexity index is 1900. The number of thiol groups is 1. The van der Waals surface area contributed by atoms with Crippen LogP contribution < -0.4 is 11.5 Å². The molecule has 214 valence electrons. The van der Waals surface area contributed by atoms with Crippen LogP contribution in [0.3, 0.4) is 0 Å². The molecule has 1 aliphatic rings. The molecule has 4 N–H and O–H groups in total. The molecule has 0 aliphatic heterocycles. The van der Waals surface area contributed by atoms with Gasteiger partial charge in [0, 0.05) is 17.4 Å². The van der Waals surface area contributed by atoms with Crippen LogP contribution >= 0.6 is 24.4 Å². The Kier molecular flexibility index (Phi) is 7.87. The lowest BCUT2D eigenvalue weighted by Crippen LogP contribution is -2.15. The second-order valence-electron chi connectivity index (χ2n) is 11.5. The molecule has 0 heterocycles. The topological polar surface area (TPSA) is 52.0 Å². The van der Waals surface area contributed by atoms with Crippen LogP contribution in [-0.2, 0) is 11.2 Å². The Labute approximate surface area is 264 Å². The molecule has 1 atom stereocenters. The monoisotopic (exact) mass is 596 g/mol. The predicted molar refractivity (Wildman–Crippen MR) is 193 cm³/mol. The molecule has 0 bridgehead atoms. The molecule has 1 unspecified atom stereocenters. The number of rotatable bonds is 8. The van der Waals surface area contributed by atoms with Crippen LogP contribution in [0.25, 0.3) is 56.3 Å². The molecule has 5 aromatic rings. The minimum atomic E-state index is -0.328. The molecule has 5 aromatic carbocycles. The van der Waals surface area contributed by atoms with Gasteiger partial charge in [-0.2, -0.15) is 12.6 Å². The number of hydrogen-bond acceptors (Lipinski definition) is 4. The van der Waals surface area contributed by atoms with Gasteiger partial charge in [-0.25, -0.2) is 0 Å². The smallest absolute Gasteiger partial charge is 0.0734 e. The zero-order valence-corrected chi connectivity index (χ0v) is 26.3. The first kappa shape index (κ1) is 29.1. The summed E-state index contributed by atoms with van der Waals surface area (Å²) in [7, 11) is 0. The number of thioether (sulfide) groups is 1.